The zero-order valence-corrected chi connectivity index (χ0v) is 20.3. The number of hydrogen-bond donors (Lipinski definition) is 0. The second-order valence-electron chi connectivity index (χ2n) is 9.96. The first kappa shape index (κ1) is 24.6. The van der Waals surface area contributed by atoms with Crippen LogP contribution in [0.3, 0.4) is 0 Å². The van der Waals surface area contributed by atoms with Crippen molar-refractivity contribution >= 4 is 23.3 Å². The summed E-state index contributed by atoms with van der Waals surface area (Å²) in [4.78, 5) is 44.8. The van der Waals surface area contributed by atoms with Crippen LogP contribution in [0.25, 0.3) is 0 Å². The van der Waals surface area contributed by atoms with Crippen molar-refractivity contribution in [3.05, 3.63) is 29.6 Å². The highest BCUT2D eigenvalue weighted by atomic mass is 19.1. The Morgan fingerprint density at radius 1 is 0.853 bits per heavy atom. The number of carbonyl (C=O) groups excluding carboxylic acids is 3. The van der Waals surface area contributed by atoms with E-state index >= 15 is 0 Å². The fourth-order valence-electron chi connectivity index (χ4n) is 5.39. The van der Waals surface area contributed by atoms with Crippen LogP contribution in [0.2, 0.25) is 0 Å². The minimum atomic E-state index is -0.400. The summed E-state index contributed by atoms with van der Waals surface area (Å²) < 4.78 is 14.5. The molecule has 0 aromatic heterocycles. The normalized spacial score (nSPS) is 20.5. The second-order valence-corrected chi connectivity index (χ2v) is 9.96. The Hall–Kier alpha value is -2.48. The Morgan fingerprint density at radius 2 is 1.47 bits per heavy atom. The Kier molecular flexibility index (Phi) is 8.19. The quantitative estimate of drug-likeness (QED) is 0.596. The SMILES string of the molecule is CC(=O)c1ccc(N2CCN(C(=O)CN3CCN(C(=O)CC4CCCCC4)CC3)CC2)c(F)c1. The summed E-state index contributed by atoms with van der Waals surface area (Å²) >= 11 is 0. The zero-order valence-electron chi connectivity index (χ0n) is 20.3. The Balaban J connectivity index is 1.19. The van der Waals surface area contributed by atoms with Crippen LogP contribution >= 0.6 is 0 Å². The molecule has 0 atom stereocenters. The highest BCUT2D eigenvalue weighted by Crippen LogP contribution is 2.27. The summed E-state index contributed by atoms with van der Waals surface area (Å²) in [6.45, 7) is 6.87. The third-order valence-electron chi connectivity index (χ3n) is 7.60. The van der Waals surface area contributed by atoms with Gasteiger partial charge in [-0.3, -0.25) is 19.3 Å². The van der Waals surface area contributed by atoms with Gasteiger partial charge in [-0.25, -0.2) is 4.39 Å². The van der Waals surface area contributed by atoms with Gasteiger partial charge in [0.2, 0.25) is 11.8 Å². The van der Waals surface area contributed by atoms with Crippen LogP contribution in [0.15, 0.2) is 18.2 Å². The molecule has 2 heterocycles. The van der Waals surface area contributed by atoms with Crippen LogP contribution in [0.1, 0.15) is 55.8 Å². The molecule has 0 radical (unpaired) electrons. The van der Waals surface area contributed by atoms with Gasteiger partial charge in [-0.1, -0.05) is 19.3 Å². The molecule has 8 heteroatoms. The van der Waals surface area contributed by atoms with Gasteiger partial charge in [-0.05, 0) is 43.9 Å². The minimum absolute atomic E-state index is 0.0917. The number of carbonyl (C=O) groups is 3. The molecule has 1 aromatic rings. The number of nitrogens with zero attached hydrogens (tertiary/aromatic N) is 4. The highest BCUT2D eigenvalue weighted by Gasteiger charge is 2.28. The van der Waals surface area contributed by atoms with Gasteiger partial charge in [0.25, 0.3) is 0 Å². The van der Waals surface area contributed by atoms with Crippen molar-refractivity contribution in [3.8, 4) is 0 Å². The number of hydrogen-bond acceptors (Lipinski definition) is 5. The van der Waals surface area contributed by atoms with E-state index in [-0.39, 0.29) is 17.6 Å². The molecule has 0 unspecified atom stereocenters. The van der Waals surface area contributed by atoms with Gasteiger partial charge in [-0.2, -0.15) is 0 Å². The van der Waals surface area contributed by atoms with E-state index in [0.29, 0.717) is 69.4 Å². The lowest BCUT2D eigenvalue weighted by molar-refractivity contribution is -0.136. The molecule has 3 fully saturated rings. The predicted octanol–water partition coefficient (Wildman–Crippen LogP) is 2.79. The molecule has 2 amide bonds. The first-order chi connectivity index (χ1) is 16.4. The smallest absolute Gasteiger partial charge is 0.236 e. The molecule has 186 valence electrons. The molecule has 1 aliphatic carbocycles. The van der Waals surface area contributed by atoms with E-state index in [1.54, 1.807) is 12.1 Å². The van der Waals surface area contributed by atoms with Crippen molar-refractivity contribution in [1.82, 2.24) is 14.7 Å². The number of ketones is 1. The maximum Gasteiger partial charge on any atom is 0.236 e. The Labute approximate surface area is 201 Å². The minimum Gasteiger partial charge on any atom is -0.366 e. The Morgan fingerprint density at radius 3 is 2.09 bits per heavy atom. The predicted molar refractivity (Wildman–Crippen MR) is 129 cm³/mol. The van der Waals surface area contributed by atoms with Crippen LogP contribution in [0.5, 0.6) is 0 Å². The molecule has 2 aliphatic heterocycles. The first-order valence-corrected chi connectivity index (χ1v) is 12.7. The van der Waals surface area contributed by atoms with Gasteiger partial charge in [-0.15, -0.1) is 0 Å². The van der Waals surface area contributed by atoms with Crippen LogP contribution in [-0.4, -0.2) is 91.2 Å². The zero-order chi connectivity index (χ0) is 24.1. The van der Waals surface area contributed by atoms with Crippen molar-refractivity contribution in [1.29, 1.82) is 0 Å². The molecule has 1 aromatic carbocycles. The maximum atomic E-state index is 14.5. The van der Waals surface area contributed by atoms with E-state index < -0.39 is 5.82 Å². The number of rotatable bonds is 6. The van der Waals surface area contributed by atoms with E-state index in [9.17, 15) is 18.8 Å². The van der Waals surface area contributed by atoms with Crippen LogP contribution in [0, 0.1) is 11.7 Å². The number of halogens is 1. The summed E-state index contributed by atoms with van der Waals surface area (Å²) in [5.41, 5.74) is 0.844. The molecule has 0 spiro atoms. The van der Waals surface area contributed by atoms with E-state index in [4.69, 9.17) is 0 Å². The van der Waals surface area contributed by atoms with Crippen molar-refractivity contribution < 1.29 is 18.8 Å². The first-order valence-electron chi connectivity index (χ1n) is 12.7. The number of benzene rings is 1. The average molecular weight is 473 g/mol. The van der Waals surface area contributed by atoms with Gasteiger partial charge in [0.05, 0.1) is 12.2 Å². The van der Waals surface area contributed by atoms with Gasteiger partial charge < -0.3 is 14.7 Å². The highest BCUT2D eigenvalue weighted by molar-refractivity contribution is 5.94. The molecule has 0 bridgehead atoms. The number of amides is 2. The second kappa shape index (κ2) is 11.3. The van der Waals surface area contributed by atoms with E-state index in [0.717, 1.165) is 13.1 Å². The monoisotopic (exact) mass is 472 g/mol. The summed E-state index contributed by atoms with van der Waals surface area (Å²) in [7, 11) is 0. The van der Waals surface area contributed by atoms with Crippen molar-refractivity contribution in [2.45, 2.75) is 45.4 Å². The number of Topliss-reactive ketones (excluding diaryl/α,β-unsaturated/α-hetero) is 1. The van der Waals surface area contributed by atoms with Crippen molar-refractivity contribution in [2.24, 2.45) is 5.92 Å². The lowest BCUT2D eigenvalue weighted by atomic mass is 9.86. The maximum absolute atomic E-state index is 14.5. The van der Waals surface area contributed by atoms with E-state index in [1.807, 2.05) is 14.7 Å². The van der Waals surface area contributed by atoms with Gasteiger partial charge in [0.15, 0.2) is 5.78 Å². The Bertz CT molecular complexity index is 886. The van der Waals surface area contributed by atoms with Crippen molar-refractivity contribution in [3.63, 3.8) is 0 Å². The fourth-order valence-corrected chi connectivity index (χ4v) is 5.39. The fraction of sp³-hybridized carbons (Fsp3) is 0.654. The third-order valence-corrected chi connectivity index (χ3v) is 7.60. The molecule has 4 rings (SSSR count). The standard InChI is InChI=1S/C26H37FN4O3/c1-20(32)22-7-8-24(23(27)18-22)29-13-15-31(16-14-29)26(34)19-28-9-11-30(12-10-28)25(33)17-21-5-3-2-4-6-21/h7-8,18,21H,2-6,9-17,19H2,1H3. The molecule has 1 saturated carbocycles. The van der Waals surface area contributed by atoms with Crippen LogP contribution in [-0.2, 0) is 9.59 Å². The average Bonchev–Trinajstić information content (AvgIpc) is 2.85. The summed E-state index contributed by atoms with van der Waals surface area (Å²) in [6.07, 6.45) is 6.86. The summed E-state index contributed by atoms with van der Waals surface area (Å²) in [5, 5.41) is 0. The van der Waals surface area contributed by atoms with Crippen LogP contribution < -0.4 is 4.90 Å². The van der Waals surface area contributed by atoms with Crippen molar-refractivity contribution in [2.75, 3.05) is 63.8 Å². The topological polar surface area (TPSA) is 64.2 Å². The van der Waals surface area contributed by atoms with Gasteiger partial charge in [0.1, 0.15) is 5.82 Å². The summed E-state index contributed by atoms with van der Waals surface area (Å²) in [5.74, 6) is 0.366. The molecular weight excluding hydrogens is 435 g/mol. The van der Waals surface area contributed by atoms with E-state index in [1.165, 1.54) is 45.1 Å². The van der Waals surface area contributed by atoms with Crippen LogP contribution in [0.4, 0.5) is 10.1 Å². The molecule has 34 heavy (non-hydrogen) atoms. The summed E-state index contributed by atoms with van der Waals surface area (Å²) in [6, 6.07) is 4.59. The number of piperazine rings is 2. The third kappa shape index (κ3) is 6.14. The molecule has 3 aliphatic rings. The van der Waals surface area contributed by atoms with Gasteiger partial charge in [0, 0.05) is 64.3 Å². The lowest BCUT2D eigenvalue weighted by Gasteiger charge is -2.39. The molecule has 2 saturated heterocycles. The number of anilines is 1. The van der Waals surface area contributed by atoms with E-state index in [2.05, 4.69) is 4.90 Å². The molecule has 7 nitrogen and oxygen atoms in total. The molecule has 0 N–H and O–H groups in total. The lowest BCUT2D eigenvalue weighted by Crippen LogP contribution is -2.54. The largest absolute Gasteiger partial charge is 0.366 e. The van der Waals surface area contributed by atoms with Gasteiger partial charge >= 0.3 is 0 Å². The molecular formula is C26H37FN4O3.